The van der Waals surface area contributed by atoms with Gasteiger partial charge in [0.2, 0.25) is 0 Å². The van der Waals surface area contributed by atoms with Crippen molar-refractivity contribution in [1.82, 2.24) is 9.97 Å². The molecule has 4 heteroatoms. The summed E-state index contributed by atoms with van der Waals surface area (Å²) in [5.41, 5.74) is 0.748. The minimum Gasteiger partial charge on any atom is -0.370 e. The fraction of sp³-hybridized carbons (Fsp3) is 0.200. The number of nitrogens with one attached hydrogen (secondary N) is 1. The number of rotatable bonds is 2. The van der Waals surface area contributed by atoms with Gasteiger partial charge in [0.05, 0.1) is 5.52 Å². The molecule has 14 heavy (non-hydrogen) atoms. The molecule has 1 aromatic carbocycles. The lowest BCUT2D eigenvalue weighted by Gasteiger charge is -2.05. The maximum atomic E-state index is 13.0. The van der Waals surface area contributed by atoms with E-state index in [2.05, 4.69) is 15.3 Å². The van der Waals surface area contributed by atoms with E-state index in [9.17, 15) is 4.39 Å². The van der Waals surface area contributed by atoms with Gasteiger partial charge in [-0.15, -0.1) is 0 Å². The number of benzene rings is 1. The highest BCUT2D eigenvalue weighted by atomic mass is 19.1. The van der Waals surface area contributed by atoms with Crippen LogP contribution in [-0.4, -0.2) is 16.5 Å². The van der Waals surface area contributed by atoms with Crippen molar-refractivity contribution in [3.63, 3.8) is 0 Å². The molecule has 1 heterocycles. The SMILES string of the molecule is CCNc1ncnc2ccc(F)cc12. The van der Waals surface area contributed by atoms with E-state index in [-0.39, 0.29) is 5.82 Å². The first-order chi connectivity index (χ1) is 6.81. The second-order valence-electron chi connectivity index (χ2n) is 2.91. The predicted octanol–water partition coefficient (Wildman–Crippen LogP) is 2.20. The molecule has 0 aliphatic rings. The Bertz CT molecular complexity index is 456. The summed E-state index contributed by atoms with van der Waals surface area (Å²) in [6.45, 7) is 2.72. The van der Waals surface area contributed by atoms with Gasteiger partial charge in [-0.1, -0.05) is 0 Å². The molecule has 2 rings (SSSR count). The second-order valence-corrected chi connectivity index (χ2v) is 2.91. The summed E-state index contributed by atoms with van der Waals surface area (Å²) >= 11 is 0. The molecule has 0 aliphatic heterocycles. The number of hydrogen-bond acceptors (Lipinski definition) is 3. The van der Waals surface area contributed by atoms with E-state index in [1.807, 2.05) is 6.92 Å². The van der Waals surface area contributed by atoms with Gasteiger partial charge in [0.25, 0.3) is 0 Å². The van der Waals surface area contributed by atoms with Crippen LogP contribution in [0.1, 0.15) is 6.92 Å². The van der Waals surface area contributed by atoms with E-state index in [0.717, 1.165) is 12.1 Å². The molecule has 3 nitrogen and oxygen atoms in total. The van der Waals surface area contributed by atoms with Crippen LogP contribution in [0.3, 0.4) is 0 Å². The number of hydrogen-bond donors (Lipinski definition) is 1. The van der Waals surface area contributed by atoms with E-state index < -0.39 is 0 Å². The molecule has 1 aromatic heterocycles. The average molecular weight is 191 g/mol. The molecular weight excluding hydrogens is 181 g/mol. The molecule has 0 saturated carbocycles. The highest BCUT2D eigenvalue weighted by Gasteiger charge is 2.02. The molecule has 0 atom stereocenters. The van der Waals surface area contributed by atoms with Crippen LogP contribution in [-0.2, 0) is 0 Å². The van der Waals surface area contributed by atoms with Crippen molar-refractivity contribution in [3.05, 3.63) is 30.3 Å². The third-order valence-electron chi connectivity index (χ3n) is 1.94. The van der Waals surface area contributed by atoms with Crippen LogP contribution in [0.2, 0.25) is 0 Å². The molecule has 0 radical (unpaired) electrons. The van der Waals surface area contributed by atoms with E-state index in [1.165, 1.54) is 18.5 Å². The van der Waals surface area contributed by atoms with Gasteiger partial charge < -0.3 is 5.32 Å². The first kappa shape index (κ1) is 8.87. The molecule has 0 fully saturated rings. The molecule has 0 aliphatic carbocycles. The lowest BCUT2D eigenvalue weighted by atomic mass is 10.2. The normalized spacial score (nSPS) is 10.4. The summed E-state index contributed by atoms with van der Waals surface area (Å²) in [4.78, 5) is 8.10. The van der Waals surface area contributed by atoms with Crippen LogP contribution < -0.4 is 5.32 Å². The molecule has 1 N–H and O–H groups in total. The Morgan fingerprint density at radius 2 is 2.21 bits per heavy atom. The molecule has 72 valence electrons. The highest BCUT2D eigenvalue weighted by molar-refractivity contribution is 5.88. The molecule has 0 bridgehead atoms. The zero-order chi connectivity index (χ0) is 9.97. The number of anilines is 1. The number of aromatic nitrogens is 2. The van der Waals surface area contributed by atoms with Crippen molar-refractivity contribution in [2.45, 2.75) is 6.92 Å². The van der Waals surface area contributed by atoms with Crippen molar-refractivity contribution in [2.24, 2.45) is 0 Å². The molecule has 2 aromatic rings. The molecule has 0 saturated heterocycles. The van der Waals surface area contributed by atoms with Gasteiger partial charge in [-0.05, 0) is 25.1 Å². The fourth-order valence-corrected chi connectivity index (χ4v) is 1.34. The predicted molar refractivity (Wildman–Crippen MR) is 53.7 cm³/mol. The van der Waals surface area contributed by atoms with Crippen LogP contribution >= 0.6 is 0 Å². The van der Waals surface area contributed by atoms with Gasteiger partial charge in [0.15, 0.2) is 0 Å². The fourth-order valence-electron chi connectivity index (χ4n) is 1.34. The second kappa shape index (κ2) is 3.57. The Morgan fingerprint density at radius 1 is 1.36 bits per heavy atom. The summed E-state index contributed by atoms with van der Waals surface area (Å²) < 4.78 is 13.0. The van der Waals surface area contributed by atoms with E-state index in [4.69, 9.17) is 0 Å². The van der Waals surface area contributed by atoms with Crippen LogP contribution in [0.5, 0.6) is 0 Å². The van der Waals surface area contributed by atoms with Gasteiger partial charge in [-0.25, -0.2) is 14.4 Å². The van der Waals surface area contributed by atoms with Crippen LogP contribution in [0.4, 0.5) is 10.2 Å². The topological polar surface area (TPSA) is 37.8 Å². The third-order valence-corrected chi connectivity index (χ3v) is 1.94. The largest absolute Gasteiger partial charge is 0.370 e. The van der Waals surface area contributed by atoms with Crippen molar-refractivity contribution >= 4 is 16.7 Å². The van der Waals surface area contributed by atoms with Gasteiger partial charge in [0.1, 0.15) is 18.0 Å². The van der Waals surface area contributed by atoms with E-state index in [1.54, 1.807) is 6.07 Å². The maximum absolute atomic E-state index is 13.0. The monoisotopic (exact) mass is 191 g/mol. The van der Waals surface area contributed by atoms with Crippen LogP contribution in [0, 0.1) is 5.82 Å². The van der Waals surface area contributed by atoms with Crippen LogP contribution in [0.25, 0.3) is 10.9 Å². The zero-order valence-electron chi connectivity index (χ0n) is 7.79. The number of nitrogens with zero attached hydrogens (tertiary/aromatic N) is 2. The first-order valence-corrected chi connectivity index (χ1v) is 4.45. The van der Waals surface area contributed by atoms with Gasteiger partial charge in [-0.3, -0.25) is 0 Å². The lowest BCUT2D eigenvalue weighted by molar-refractivity contribution is 0.629. The maximum Gasteiger partial charge on any atom is 0.137 e. The summed E-state index contributed by atoms with van der Waals surface area (Å²) in [5.74, 6) is 0.406. The Morgan fingerprint density at radius 3 is 3.00 bits per heavy atom. The Labute approximate surface area is 81.0 Å². The summed E-state index contributed by atoms with van der Waals surface area (Å²) in [6, 6.07) is 4.48. The minimum atomic E-state index is -0.272. The Balaban J connectivity index is 2.64. The standard InChI is InChI=1S/C10H10FN3/c1-2-12-10-8-5-7(11)3-4-9(8)13-6-14-10/h3-6H,2H2,1H3,(H,12,13,14). The van der Waals surface area contributed by atoms with Gasteiger partial charge in [-0.2, -0.15) is 0 Å². The number of halogens is 1. The van der Waals surface area contributed by atoms with Crippen molar-refractivity contribution < 1.29 is 4.39 Å². The van der Waals surface area contributed by atoms with Gasteiger partial charge >= 0.3 is 0 Å². The average Bonchev–Trinajstić information content (AvgIpc) is 2.19. The van der Waals surface area contributed by atoms with Gasteiger partial charge in [0, 0.05) is 11.9 Å². The molecule has 0 spiro atoms. The summed E-state index contributed by atoms with van der Waals surface area (Å²) in [7, 11) is 0. The Kier molecular flexibility index (Phi) is 2.26. The summed E-state index contributed by atoms with van der Waals surface area (Å²) in [5, 5.41) is 3.78. The van der Waals surface area contributed by atoms with Crippen molar-refractivity contribution in [3.8, 4) is 0 Å². The minimum absolute atomic E-state index is 0.272. The highest BCUT2D eigenvalue weighted by Crippen LogP contribution is 2.19. The summed E-state index contributed by atoms with van der Waals surface area (Å²) in [6.07, 6.45) is 1.47. The quantitative estimate of drug-likeness (QED) is 0.790. The van der Waals surface area contributed by atoms with E-state index >= 15 is 0 Å². The zero-order valence-corrected chi connectivity index (χ0v) is 7.79. The molecule has 0 amide bonds. The van der Waals surface area contributed by atoms with Crippen molar-refractivity contribution in [1.29, 1.82) is 0 Å². The smallest absolute Gasteiger partial charge is 0.137 e. The van der Waals surface area contributed by atoms with Crippen LogP contribution in [0.15, 0.2) is 24.5 Å². The van der Waals surface area contributed by atoms with E-state index in [0.29, 0.717) is 11.2 Å². The lowest BCUT2D eigenvalue weighted by Crippen LogP contribution is -2.00. The first-order valence-electron chi connectivity index (χ1n) is 4.45. The third kappa shape index (κ3) is 1.51. The molecular formula is C10H10FN3. The van der Waals surface area contributed by atoms with Crippen molar-refractivity contribution in [2.75, 3.05) is 11.9 Å². The number of fused-ring (bicyclic) bond motifs is 1. The molecule has 0 unspecified atom stereocenters. The Hall–Kier alpha value is -1.71.